The maximum absolute atomic E-state index is 12.4. The van der Waals surface area contributed by atoms with E-state index >= 15 is 0 Å². The van der Waals surface area contributed by atoms with Gasteiger partial charge in [-0.15, -0.1) is 11.3 Å². The number of benzene rings is 1. The van der Waals surface area contributed by atoms with Crippen molar-refractivity contribution in [3.8, 4) is 0 Å². The molecule has 0 fully saturated rings. The molecule has 0 aliphatic carbocycles. The molecule has 2 heterocycles. The Hall–Kier alpha value is -3.31. The van der Waals surface area contributed by atoms with Gasteiger partial charge in [-0.1, -0.05) is 0 Å². The van der Waals surface area contributed by atoms with E-state index in [1.54, 1.807) is 11.6 Å². The van der Waals surface area contributed by atoms with Crippen molar-refractivity contribution in [2.75, 3.05) is 18.5 Å². The number of carbonyl (C=O) groups excluding carboxylic acids is 1. The molecular weight excluding hydrogens is 376 g/mol. The van der Waals surface area contributed by atoms with Crippen molar-refractivity contribution in [1.82, 2.24) is 9.38 Å². The first kappa shape index (κ1) is 18.5. The van der Waals surface area contributed by atoms with Crippen molar-refractivity contribution in [2.45, 2.75) is 6.61 Å². The third-order valence-electron chi connectivity index (χ3n) is 3.57. The zero-order chi connectivity index (χ0) is 19.4. The van der Waals surface area contributed by atoms with Crippen LogP contribution in [0.2, 0.25) is 0 Å². The Balaban J connectivity index is 1.82. The molecule has 0 spiro atoms. The standard InChI is InChI=1S/C16H14N4O6S/c21-5-3-17-13-2-1-11(20(24)25)8-12(13)15(23)26-9-10-7-14(22)19-4-6-27-16(19)18-10/h1-2,4,6-8,17,21H,3,5,9H2. The third kappa shape index (κ3) is 4.10. The van der Waals surface area contributed by atoms with E-state index < -0.39 is 10.9 Å². The van der Waals surface area contributed by atoms with Crippen LogP contribution in [0.5, 0.6) is 0 Å². The van der Waals surface area contributed by atoms with Gasteiger partial charge in [0.1, 0.15) is 6.61 Å². The molecule has 27 heavy (non-hydrogen) atoms. The molecule has 0 bridgehead atoms. The first-order chi connectivity index (χ1) is 13.0. The minimum Gasteiger partial charge on any atom is -0.456 e. The Morgan fingerprint density at radius 1 is 1.41 bits per heavy atom. The number of anilines is 1. The predicted octanol–water partition coefficient (Wildman–Crippen LogP) is 1.43. The molecule has 2 N–H and O–H groups in total. The number of aromatic nitrogens is 2. The van der Waals surface area contributed by atoms with Gasteiger partial charge in [0.2, 0.25) is 0 Å². The van der Waals surface area contributed by atoms with E-state index in [0.717, 1.165) is 6.07 Å². The summed E-state index contributed by atoms with van der Waals surface area (Å²) >= 11 is 1.27. The number of rotatable bonds is 7. The van der Waals surface area contributed by atoms with Crippen molar-refractivity contribution >= 4 is 33.6 Å². The fourth-order valence-corrected chi connectivity index (χ4v) is 3.08. The number of carbonyl (C=O) groups is 1. The van der Waals surface area contributed by atoms with Crippen LogP contribution < -0.4 is 10.9 Å². The summed E-state index contributed by atoms with van der Waals surface area (Å²) in [4.78, 5) is 39.4. The van der Waals surface area contributed by atoms with Crippen LogP contribution in [0, 0.1) is 10.1 Å². The number of esters is 1. The van der Waals surface area contributed by atoms with Crippen LogP contribution in [-0.2, 0) is 11.3 Å². The second-order valence-corrected chi connectivity index (χ2v) is 6.23. The summed E-state index contributed by atoms with van der Waals surface area (Å²) in [5, 5.41) is 24.4. The molecule has 2 aromatic heterocycles. The van der Waals surface area contributed by atoms with Gasteiger partial charge in [-0.05, 0) is 6.07 Å². The van der Waals surface area contributed by atoms with Crippen molar-refractivity contribution < 1.29 is 19.6 Å². The molecule has 1 aromatic carbocycles. The number of nitrogens with zero attached hydrogens (tertiary/aromatic N) is 3. The number of thiazole rings is 1. The molecule has 0 aliphatic rings. The molecule has 140 valence electrons. The predicted molar refractivity (Wildman–Crippen MR) is 97.1 cm³/mol. The minimum atomic E-state index is -0.813. The van der Waals surface area contributed by atoms with Gasteiger partial charge in [0.15, 0.2) is 4.96 Å². The quantitative estimate of drug-likeness (QED) is 0.351. The molecular formula is C16H14N4O6S. The van der Waals surface area contributed by atoms with Crippen LogP contribution in [0.4, 0.5) is 11.4 Å². The Labute approximate surface area is 155 Å². The van der Waals surface area contributed by atoms with Crippen LogP contribution >= 0.6 is 11.3 Å². The van der Waals surface area contributed by atoms with Gasteiger partial charge < -0.3 is 15.2 Å². The number of ether oxygens (including phenoxy) is 1. The van der Waals surface area contributed by atoms with Crippen LogP contribution in [0.15, 0.2) is 40.6 Å². The zero-order valence-corrected chi connectivity index (χ0v) is 14.6. The third-order valence-corrected chi connectivity index (χ3v) is 4.33. The fourth-order valence-electron chi connectivity index (χ4n) is 2.34. The van der Waals surface area contributed by atoms with Gasteiger partial charge in [-0.2, -0.15) is 0 Å². The highest BCUT2D eigenvalue weighted by Crippen LogP contribution is 2.23. The molecule has 0 atom stereocenters. The summed E-state index contributed by atoms with van der Waals surface area (Å²) in [5.74, 6) is -0.813. The van der Waals surface area contributed by atoms with E-state index in [1.807, 2.05) is 0 Å². The van der Waals surface area contributed by atoms with Gasteiger partial charge in [0.05, 0.1) is 22.8 Å². The average molecular weight is 390 g/mol. The van der Waals surface area contributed by atoms with Gasteiger partial charge >= 0.3 is 5.97 Å². The number of hydrogen-bond donors (Lipinski definition) is 2. The van der Waals surface area contributed by atoms with Crippen molar-refractivity contribution in [1.29, 1.82) is 0 Å². The lowest BCUT2D eigenvalue weighted by Gasteiger charge is -2.11. The lowest BCUT2D eigenvalue weighted by Crippen LogP contribution is -2.16. The number of aliphatic hydroxyl groups is 1. The van der Waals surface area contributed by atoms with E-state index in [4.69, 9.17) is 9.84 Å². The highest BCUT2D eigenvalue weighted by Gasteiger charge is 2.18. The summed E-state index contributed by atoms with van der Waals surface area (Å²) in [5.41, 5.74) is -0.0557. The number of nitro groups is 1. The molecule has 10 nitrogen and oxygen atoms in total. The Morgan fingerprint density at radius 3 is 2.96 bits per heavy atom. The normalized spacial score (nSPS) is 10.7. The second kappa shape index (κ2) is 7.93. The zero-order valence-electron chi connectivity index (χ0n) is 13.8. The first-order valence-corrected chi connectivity index (χ1v) is 8.63. The maximum atomic E-state index is 12.4. The molecule has 0 saturated carbocycles. The van der Waals surface area contributed by atoms with Crippen molar-refractivity contribution in [3.63, 3.8) is 0 Å². The average Bonchev–Trinajstić information content (AvgIpc) is 3.13. The number of aliphatic hydroxyl groups excluding tert-OH is 1. The van der Waals surface area contributed by atoms with E-state index in [1.165, 1.54) is 33.9 Å². The SMILES string of the molecule is O=C(OCc1cc(=O)n2ccsc2n1)c1cc([N+](=O)[O-])ccc1NCCO. The molecule has 3 rings (SSSR count). The van der Waals surface area contributed by atoms with Crippen LogP contribution in [0.3, 0.4) is 0 Å². The van der Waals surface area contributed by atoms with E-state index in [2.05, 4.69) is 10.3 Å². The van der Waals surface area contributed by atoms with E-state index in [0.29, 0.717) is 10.6 Å². The van der Waals surface area contributed by atoms with Crippen molar-refractivity contribution in [3.05, 3.63) is 67.6 Å². The summed E-state index contributed by atoms with van der Waals surface area (Å²) in [6.07, 6.45) is 1.59. The fraction of sp³-hybridized carbons (Fsp3) is 0.188. The van der Waals surface area contributed by atoms with Crippen LogP contribution in [-0.4, -0.2) is 38.5 Å². The van der Waals surface area contributed by atoms with Crippen LogP contribution in [0.25, 0.3) is 4.96 Å². The summed E-state index contributed by atoms with van der Waals surface area (Å²) in [6.45, 7) is -0.282. The molecule has 0 aliphatic heterocycles. The Kier molecular flexibility index (Phi) is 5.43. The molecule has 3 aromatic rings. The smallest absolute Gasteiger partial charge is 0.340 e. The Morgan fingerprint density at radius 2 is 2.22 bits per heavy atom. The molecule has 0 amide bonds. The number of nitro benzene ring substituents is 1. The summed E-state index contributed by atoms with van der Waals surface area (Å²) in [7, 11) is 0. The molecule has 0 radical (unpaired) electrons. The van der Waals surface area contributed by atoms with Crippen LogP contribution in [0.1, 0.15) is 16.1 Å². The van der Waals surface area contributed by atoms with E-state index in [-0.39, 0.29) is 42.3 Å². The monoisotopic (exact) mass is 390 g/mol. The lowest BCUT2D eigenvalue weighted by atomic mass is 10.1. The highest BCUT2D eigenvalue weighted by atomic mass is 32.1. The first-order valence-electron chi connectivity index (χ1n) is 7.75. The molecule has 0 saturated heterocycles. The largest absolute Gasteiger partial charge is 0.456 e. The summed E-state index contributed by atoms with van der Waals surface area (Å²) < 4.78 is 6.55. The topological polar surface area (TPSA) is 136 Å². The molecule has 11 heteroatoms. The second-order valence-electron chi connectivity index (χ2n) is 5.35. The van der Waals surface area contributed by atoms with E-state index in [9.17, 15) is 19.7 Å². The number of non-ortho nitro benzene ring substituents is 1. The number of fused-ring (bicyclic) bond motifs is 1. The lowest BCUT2D eigenvalue weighted by molar-refractivity contribution is -0.384. The summed E-state index contributed by atoms with van der Waals surface area (Å²) in [6, 6.07) is 4.95. The van der Waals surface area contributed by atoms with Gasteiger partial charge in [0, 0.05) is 42.0 Å². The molecule has 0 unspecified atom stereocenters. The van der Waals surface area contributed by atoms with Crippen molar-refractivity contribution in [2.24, 2.45) is 0 Å². The van der Waals surface area contributed by atoms with Gasteiger partial charge in [-0.25, -0.2) is 9.78 Å². The van der Waals surface area contributed by atoms with Gasteiger partial charge in [0.25, 0.3) is 11.2 Å². The number of nitrogens with one attached hydrogen (secondary N) is 1. The maximum Gasteiger partial charge on any atom is 0.340 e. The minimum absolute atomic E-state index is 0.0495. The highest BCUT2D eigenvalue weighted by molar-refractivity contribution is 7.15. The Bertz CT molecular complexity index is 1060. The van der Waals surface area contributed by atoms with Gasteiger partial charge in [-0.3, -0.25) is 19.3 Å². The number of hydrogen-bond acceptors (Lipinski definition) is 9.